The average molecular weight is 1300 g/mol. The fourth-order valence-corrected chi connectivity index (χ4v) is 15.4. The first-order valence-corrected chi connectivity index (χ1v) is 34.8. The van der Waals surface area contributed by atoms with E-state index in [4.69, 9.17) is 44.1 Å². The van der Waals surface area contributed by atoms with Crippen LogP contribution in [-0.4, -0.2) is 166 Å². The van der Waals surface area contributed by atoms with E-state index >= 15 is 0 Å². The second kappa shape index (κ2) is 29.0. The lowest BCUT2D eigenvalue weighted by Gasteiger charge is -2.34. The molecular weight excluding hydrogens is 1180 g/mol. The minimum absolute atomic E-state index is 0. The summed E-state index contributed by atoms with van der Waals surface area (Å²) in [5.41, 5.74) is 17.2. The Bertz CT molecular complexity index is 3300. The fourth-order valence-electron chi connectivity index (χ4n) is 15.4. The van der Waals surface area contributed by atoms with Gasteiger partial charge in [0.05, 0.1) is 98.6 Å². The van der Waals surface area contributed by atoms with E-state index in [2.05, 4.69) is 85.6 Å². The number of nitrogens with two attached hydrogens (primary N) is 1. The van der Waals surface area contributed by atoms with Crippen molar-refractivity contribution >= 4 is 29.6 Å². The summed E-state index contributed by atoms with van der Waals surface area (Å²) in [5, 5.41) is 22.6. The highest BCUT2D eigenvalue weighted by Crippen LogP contribution is 2.53. The number of nitrogens with zero attached hydrogens (tertiary/aromatic N) is 9. The number of ether oxygens (including phenoxy) is 6. The number of hydrogen-bond acceptors (Lipinski definition) is 18. The molecule has 0 bridgehead atoms. The molecule has 6 aliphatic carbocycles. The van der Waals surface area contributed by atoms with Gasteiger partial charge in [-0.3, -0.25) is 9.59 Å². The Balaban J connectivity index is 0.000000145. The predicted octanol–water partition coefficient (Wildman–Crippen LogP) is 11.3. The van der Waals surface area contributed by atoms with Crippen molar-refractivity contribution < 1.29 is 38.0 Å². The Kier molecular flexibility index (Phi) is 22.0. The third kappa shape index (κ3) is 15.2. The monoisotopic (exact) mass is 1300 g/mol. The molecule has 3 aromatic rings. The maximum Gasteiger partial charge on any atom is 0.256 e. The van der Waals surface area contributed by atoms with Crippen LogP contribution in [0.1, 0.15) is 216 Å². The zero-order valence-corrected chi connectivity index (χ0v) is 55.9. The molecule has 7 aliphatic heterocycles. The van der Waals surface area contributed by atoms with Gasteiger partial charge in [-0.2, -0.15) is 10.5 Å². The molecule has 13 aliphatic rings. The van der Waals surface area contributed by atoms with Crippen LogP contribution in [0.25, 0.3) is 0 Å². The Morgan fingerprint density at radius 1 is 0.574 bits per heavy atom. The van der Waals surface area contributed by atoms with Crippen molar-refractivity contribution in [1.29, 1.82) is 10.5 Å². The number of aldehydes is 1. The summed E-state index contributed by atoms with van der Waals surface area (Å²) in [7, 11) is 0. The lowest BCUT2D eigenvalue weighted by molar-refractivity contribution is 0.00307. The summed E-state index contributed by atoms with van der Waals surface area (Å²) < 4.78 is 34.9. The van der Waals surface area contributed by atoms with Crippen molar-refractivity contribution in [3.8, 4) is 12.1 Å². The van der Waals surface area contributed by atoms with Crippen molar-refractivity contribution in [2.75, 3.05) is 93.8 Å². The zero-order valence-electron chi connectivity index (χ0n) is 55.9. The molecule has 3 aromatic heterocycles. The molecule has 516 valence electrons. The summed E-state index contributed by atoms with van der Waals surface area (Å²) >= 11 is 0. The molecule has 94 heavy (non-hydrogen) atoms. The highest BCUT2D eigenvalue weighted by Gasteiger charge is 2.55. The molecule has 0 radical (unpaired) electrons. The standard InChI is InChI=1S/C24H34N4O2.C24H33N3O3.C20H25N3O2.C4H9NO.3CH4/c1-15-16(2)23(27-20(19(15)11-25)12-26-17-5-9-29-13-17)28-8-4-22(18-10-21(18)28)30-14-24(3)6-7-24;1-14-15(2)22(25-18-11-27(23(28)21(14)18)16-5-9-29-12-16)26-8-4-20(17-10-19(17)26)30-13-24(3)6-7-24;1-12-13(2)19(22-16(10-24)15(12)9-21)23-7-4-18(14-8-17(14)23)25-11-20(3)5-6-20;5-4-1-2-6-3-4;;;/h17-18,21-22,26H,4-10,12-14H2,1-3H3;16-17,19-20H,4-13H2,1-3H3;10,14,17-18H,4-8,11H2,1-3H3;4H,1-3,5H2;3*1H4. The number of carbonyl (C=O) groups is 2. The summed E-state index contributed by atoms with van der Waals surface area (Å²) in [4.78, 5) is 48.5. The highest BCUT2D eigenvalue weighted by molar-refractivity contribution is 6.00. The van der Waals surface area contributed by atoms with Gasteiger partial charge in [-0.1, -0.05) is 43.1 Å². The van der Waals surface area contributed by atoms with E-state index in [-0.39, 0.29) is 39.9 Å². The van der Waals surface area contributed by atoms with E-state index < -0.39 is 0 Å². The van der Waals surface area contributed by atoms with Crippen molar-refractivity contribution in [3.05, 3.63) is 67.2 Å². The SMILES string of the molecule is C.C.C.Cc1c(N2CCC(OCC3(C)CC3)C3CC32)nc(C=O)c(C#N)c1C.Cc1c(N2CCC(OCC3(C)CC3)C3CC32)nc(CNC2CCOC2)c(C#N)c1C.Cc1c(N2CCC(OCC3(C)CC3)C3CC32)nc2c(c1C)C(=O)N(C1CCOC1)C2.NC1CCOC1. The van der Waals surface area contributed by atoms with Gasteiger partial charge in [0.15, 0.2) is 6.29 Å². The number of rotatable bonds is 17. The largest absolute Gasteiger partial charge is 0.380 e. The van der Waals surface area contributed by atoms with E-state index in [1.54, 1.807) is 0 Å². The first-order chi connectivity index (χ1) is 43.8. The van der Waals surface area contributed by atoms with E-state index in [1.165, 1.54) is 56.9 Å². The summed E-state index contributed by atoms with van der Waals surface area (Å²) in [6.07, 6.45) is 19.5. The molecule has 0 spiro atoms. The van der Waals surface area contributed by atoms with Crippen LogP contribution in [0.3, 0.4) is 0 Å². The van der Waals surface area contributed by atoms with Crippen LogP contribution in [0.4, 0.5) is 17.5 Å². The van der Waals surface area contributed by atoms with Gasteiger partial charge in [0.2, 0.25) is 0 Å². The van der Waals surface area contributed by atoms with Crippen molar-refractivity contribution in [2.45, 2.75) is 249 Å². The molecule has 1 amide bonds. The van der Waals surface area contributed by atoms with Crippen LogP contribution in [0.5, 0.6) is 0 Å². The first-order valence-electron chi connectivity index (χ1n) is 34.8. The van der Waals surface area contributed by atoms with E-state index in [0.29, 0.717) is 114 Å². The number of nitriles is 2. The van der Waals surface area contributed by atoms with Gasteiger partial charge in [0.1, 0.15) is 35.3 Å². The molecule has 6 saturated heterocycles. The Hall–Kier alpha value is -5.35. The number of pyridine rings is 3. The Labute approximate surface area is 562 Å². The van der Waals surface area contributed by atoms with Crippen LogP contribution in [0, 0.1) is 98.2 Å². The number of nitrogens with one attached hydrogen (secondary N) is 1. The van der Waals surface area contributed by atoms with Crippen molar-refractivity contribution in [3.63, 3.8) is 0 Å². The van der Waals surface area contributed by atoms with Crippen LogP contribution >= 0.6 is 0 Å². The molecule has 12 unspecified atom stereocenters. The smallest absolute Gasteiger partial charge is 0.256 e. The lowest BCUT2D eigenvalue weighted by atomic mass is 10.0. The minimum Gasteiger partial charge on any atom is -0.380 e. The third-order valence-electron chi connectivity index (χ3n) is 23.4. The van der Waals surface area contributed by atoms with Gasteiger partial charge in [0.25, 0.3) is 5.91 Å². The number of fused-ring (bicyclic) bond motifs is 4. The van der Waals surface area contributed by atoms with Gasteiger partial charge in [-0.15, -0.1) is 0 Å². The molecule has 12 fully saturated rings. The van der Waals surface area contributed by atoms with Crippen LogP contribution in [0.2, 0.25) is 0 Å². The normalized spacial score (nSPS) is 30.6. The molecule has 19 heteroatoms. The third-order valence-corrected chi connectivity index (χ3v) is 23.4. The second-order valence-corrected chi connectivity index (χ2v) is 30.6. The molecule has 16 rings (SSSR count). The lowest BCUT2D eigenvalue weighted by Crippen LogP contribution is -2.40. The molecule has 10 heterocycles. The molecule has 19 nitrogen and oxygen atoms in total. The maximum atomic E-state index is 13.1. The van der Waals surface area contributed by atoms with E-state index in [0.717, 1.165) is 185 Å². The summed E-state index contributed by atoms with van der Waals surface area (Å²) in [5.74, 6) is 5.05. The number of hydrogen-bond donors (Lipinski definition) is 2. The molecule has 6 saturated carbocycles. The van der Waals surface area contributed by atoms with Crippen LogP contribution in [-0.2, 0) is 41.5 Å². The van der Waals surface area contributed by atoms with Gasteiger partial charge in [-0.25, -0.2) is 15.0 Å². The van der Waals surface area contributed by atoms with E-state index in [1.807, 2.05) is 18.7 Å². The molecule has 12 atom stereocenters. The van der Waals surface area contributed by atoms with Gasteiger partial charge < -0.3 is 59.1 Å². The van der Waals surface area contributed by atoms with Crippen molar-refractivity contribution in [1.82, 2.24) is 25.2 Å². The Morgan fingerprint density at radius 3 is 1.44 bits per heavy atom. The molecule has 0 aromatic carbocycles. The number of piperidine rings is 3. The van der Waals surface area contributed by atoms with Crippen LogP contribution < -0.4 is 25.8 Å². The second-order valence-electron chi connectivity index (χ2n) is 30.6. The number of aromatic nitrogens is 3. The first kappa shape index (κ1) is 71.4. The van der Waals surface area contributed by atoms with E-state index in [9.17, 15) is 20.1 Å². The number of anilines is 3. The number of amides is 1. The van der Waals surface area contributed by atoms with Gasteiger partial charge in [0, 0.05) is 94.0 Å². The topological polar surface area (TPSA) is 227 Å². The summed E-state index contributed by atoms with van der Waals surface area (Å²) in [6, 6.07) is 6.96. The Morgan fingerprint density at radius 2 is 1.02 bits per heavy atom. The minimum atomic E-state index is 0. The van der Waals surface area contributed by atoms with Crippen molar-refractivity contribution in [2.24, 2.45) is 39.7 Å². The zero-order chi connectivity index (χ0) is 63.7. The average Bonchev–Trinajstić information content (AvgIpc) is 1.60. The number of carbonyl (C=O) groups excluding carboxylic acids is 2. The predicted molar refractivity (Wildman–Crippen MR) is 368 cm³/mol. The molecule has 3 N–H and O–H groups in total. The highest BCUT2D eigenvalue weighted by atomic mass is 16.5. The molecular formula is C75H113N11O8. The van der Waals surface area contributed by atoms with Crippen LogP contribution in [0.15, 0.2) is 0 Å². The summed E-state index contributed by atoms with van der Waals surface area (Å²) in [6.45, 7) is 30.8. The quantitative estimate of drug-likeness (QED) is 0.120. The maximum absolute atomic E-state index is 13.1. The van der Waals surface area contributed by atoms with Gasteiger partial charge in [-0.05, 0) is 187 Å². The fraction of sp³-hybridized carbons (Fsp3) is 0.747. The van der Waals surface area contributed by atoms with Gasteiger partial charge >= 0.3 is 0 Å².